The van der Waals surface area contributed by atoms with E-state index in [1.807, 2.05) is 4.90 Å². The van der Waals surface area contributed by atoms with E-state index in [2.05, 4.69) is 5.32 Å². The minimum Gasteiger partial charge on any atom is -0.465 e. The molecule has 2 aromatic rings. The van der Waals surface area contributed by atoms with Crippen LogP contribution in [0.4, 0.5) is 11.4 Å². The van der Waals surface area contributed by atoms with E-state index in [1.165, 1.54) is 13.2 Å². The molecule has 3 saturated heterocycles. The molecule has 4 heterocycles. The van der Waals surface area contributed by atoms with Gasteiger partial charge < -0.3 is 10.1 Å². The predicted molar refractivity (Wildman–Crippen MR) is 119 cm³/mol. The number of halogens is 1. The monoisotopic (exact) mass is 465 g/mol. The highest BCUT2D eigenvalue weighted by atomic mass is 35.5. The van der Waals surface area contributed by atoms with Crippen molar-refractivity contribution in [2.75, 3.05) is 23.9 Å². The Kier molecular flexibility index (Phi) is 4.25. The summed E-state index contributed by atoms with van der Waals surface area (Å²) in [5, 5.41) is 3.37. The first-order valence-corrected chi connectivity index (χ1v) is 11.2. The Hall–Kier alpha value is -3.23. The number of carbonyl (C=O) groups excluding carboxylic acids is 4. The first kappa shape index (κ1) is 20.4. The zero-order valence-electron chi connectivity index (χ0n) is 17.7. The number of amides is 3. The molecule has 0 aliphatic carbocycles. The van der Waals surface area contributed by atoms with Gasteiger partial charge in [-0.15, -0.1) is 0 Å². The van der Waals surface area contributed by atoms with Crippen molar-refractivity contribution in [1.29, 1.82) is 0 Å². The van der Waals surface area contributed by atoms with E-state index >= 15 is 0 Å². The average Bonchev–Trinajstić information content (AvgIpc) is 3.52. The highest BCUT2D eigenvalue weighted by Crippen LogP contribution is 2.61. The van der Waals surface area contributed by atoms with Crippen molar-refractivity contribution in [3.05, 3.63) is 58.6 Å². The number of methoxy groups -OCH3 is 1. The van der Waals surface area contributed by atoms with Crippen molar-refractivity contribution in [2.24, 2.45) is 11.8 Å². The van der Waals surface area contributed by atoms with Gasteiger partial charge in [0.1, 0.15) is 5.54 Å². The third-order valence-corrected chi connectivity index (χ3v) is 7.74. The predicted octanol–water partition coefficient (Wildman–Crippen LogP) is 2.56. The van der Waals surface area contributed by atoms with Crippen molar-refractivity contribution in [3.63, 3.8) is 0 Å². The van der Waals surface area contributed by atoms with E-state index in [9.17, 15) is 19.2 Å². The van der Waals surface area contributed by atoms with Crippen molar-refractivity contribution >= 4 is 46.7 Å². The van der Waals surface area contributed by atoms with Gasteiger partial charge in [-0.1, -0.05) is 23.7 Å². The molecule has 1 spiro atoms. The number of anilines is 2. The molecule has 6 rings (SSSR count). The second kappa shape index (κ2) is 6.88. The molecule has 33 heavy (non-hydrogen) atoms. The van der Waals surface area contributed by atoms with Crippen LogP contribution in [0.25, 0.3) is 0 Å². The zero-order chi connectivity index (χ0) is 23.1. The molecule has 4 aliphatic heterocycles. The summed E-state index contributed by atoms with van der Waals surface area (Å²) in [4.78, 5) is 56.9. The van der Waals surface area contributed by atoms with Gasteiger partial charge >= 0.3 is 5.97 Å². The second-order valence-corrected chi connectivity index (χ2v) is 9.27. The molecular weight excluding hydrogens is 446 g/mol. The lowest BCUT2D eigenvalue weighted by atomic mass is 9.75. The van der Waals surface area contributed by atoms with Crippen molar-refractivity contribution in [2.45, 2.75) is 24.4 Å². The molecule has 4 atom stereocenters. The lowest BCUT2D eigenvalue weighted by Crippen LogP contribution is -2.54. The van der Waals surface area contributed by atoms with Gasteiger partial charge in [-0.3, -0.25) is 19.3 Å². The standard InChI is InChI=1S/C24H20ClN3O5/c1-33-22(31)13-5-2-3-6-16(13)28-20(29)18-17-7-4-10-27(17)24(19(18)21(28)30)14-11-12(25)8-9-15(14)26-23(24)32/h2-3,5-6,8-9,11,17-19H,4,7,10H2,1H3,(H,26,32). The molecule has 8 nitrogen and oxygen atoms in total. The van der Waals surface area contributed by atoms with Crippen LogP contribution in [0.3, 0.4) is 0 Å². The van der Waals surface area contributed by atoms with Crippen LogP contribution in [0.15, 0.2) is 42.5 Å². The largest absolute Gasteiger partial charge is 0.465 e. The van der Waals surface area contributed by atoms with Crippen LogP contribution in [0.5, 0.6) is 0 Å². The first-order valence-electron chi connectivity index (χ1n) is 10.8. The smallest absolute Gasteiger partial charge is 0.339 e. The number of hydrogen-bond donors (Lipinski definition) is 1. The van der Waals surface area contributed by atoms with Gasteiger partial charge in [0.15, 0.2) is 0 Å². The Morgan fingerprint density at radius 3 is 2.73 bits per heavy atom. The average molecular weight is 466 g/mol. The van der Waals surface area contributed by atoms with Gasteiger partial charge in [0.05, 0.1) is 30.2 Å². The SMILES string of the molecule is COC(=O)c1ccccc1N1C(=O)C2C3CCCN3C3(C(=O)Nc4ccc(Cl)cc43)C2C1=O. The maximum atomic E-state index is 14.0. The minimum atomic E-state index is -1.31. The van der Waals surface area contributed by atoms with E-state index < -0.39 is 35.2 Å². The highest BCUT2D eigenvalue weighted by molar-refractivity contribution is 6.31. The number of imide groups is 1. The third-order valence-electron chi connectivity index (χ3n) is 7.50. The first-order chi connectivity index (χ1) is 15.9. The third kappa shape index (κ3) is 2.40. The molecule has 0 radical (unpaired) electrons. The molecule has 4 aliphatic rings. The molecule has 9 heteroatoms. The summed E-state index contributed by atoms with van der Waals surface area (Å²) >= 11 is 6.31. The number of benzene rings is 2. The van der Waals surface area contributed by atoms with Gasteiger partial charge in [-0.25, -0.2) is 9.69 Å². The number of esters is 1. The van der Waals surface area contributed by atoms with Gasteiger partial charge in [0, 0.05) is 22.3 Å². The number of rotatable bonds is 2. The maximum absolute atomic E-state index is 14.0. The molecule has 168 valence electrons. The fraction of sp³-hybridized carbons (Fsp3) is 0.333. The van der Waals surface area contributed by atoms with Gasteiger partial charge in [-0.05, 0) is 49.7 Å². The number of nitrogens with zero attached hydrogens (tertiary/aromatic N) is 2. The van der Waals surface area contributed by atoms with Gasteiger partial charge in [-0.2, -0.15) is 0 Å². The van der Waals surface area contributed by atoms with E-state index in [4.69, 9.17) is 16.3 Å². The number of hydrogen-bond acceptors (Lipinski definition) is 6. The quantitative estimate of drug-likeness (QED) is 0.541. The summed E-state index contributed by atoms with van der Waals surface area (Å²) < 4.78 is 4.87. The Bertz CT molecular complexity index is 1260. The van der Waals surface area contributed by atoms with Crippen molar-refractivity contribution in [1.82, 2.24) is 4.90 Å². The number of nitrogens with one attached hydrogen (secondary N) is 1. The Labute approximate surface area is 194 Å². The van der Waals surface area contributed by atoms with Crippen LogP contribution in [0.2, 0.25) is 5.02 Å². The number of para-hydroxylation sites is 1. The minimum absolute atomic E-state index is 0.123. The lowest BCUT2D eigenvalue weighted by Gasteiger charge is -2.36. The van der Waals surface area contributed by atoms with Gasteiger partial charge in [0.2, 0.25) is 17.7 Å². The van der Waals surface area contributed by atoms with Crippen molar-refractivity contribution < 1.29 is 23.9 Å². The molecule has 0 aromatic heterocycles. The topological polar surface area (TPSA) is 96.0 Å². The summed E-state index contributed by atoms with van der Waals surface area (Å²) in [6.45, 7) is 0.607. The molecule has 3 fully saturated rings. The number of ether oxygens (including phenoxy) is 1. The fourth-order valence-corrected chi connectivity index (χ4v) is 6.54. The van der Waals surface area contributed by atoms with Crippen LogP contribution in [0.1, 0.15) is 28.8 Å². The van der Waals surface area contributed by atoms with E-state index in [0.29, 0.717) is 29.2 Å². The van der Waals surface area contributed by atoms with Crippen molar-refractivity contribution in [3.8, 4) is 0 Å². The van der Waals surface area contributed by atoms with Gasteiger partial charge in [0.25, 0.3) is 0 Å². The number of carbonyl (C=O) groups is 4. The summed E-state index contributed by atoms with van der Waals surface area (Å²) in [6.07, 6.45) is 1.52. The highest BCUT2D eigenvalue weighted by Gasteiger charge is 2.74. The van der Waals surface area contributed by atoms with Crippen LogP contribution >= 0.6 is 11.6 Å². The van der Waals surface area contributed by atoms with E-state index in [-0.39, 0.29) is 23.2 Å². The maximum Gasteiger partial charge on any atom is 0.339 e. The Morgan fingerprint density at radius 2 is 1.94 bits per heavy atom. The van der Waals surface area contributed by atoms with Crippen LogP contribution < -0.4 is 10.2 Å². The summed E-state index contributed by atoms with van der Waals surface area (Å²) in [5.41, 5.74) is 0.220. The molecule has 0 bridgehead atoms. The van der Waals surface area contributed by atoms with E-state index in [1.54, 1.807) is 36.4 Å². The Morgan fingerprint density at radius 1 is 1.15 bits per heavy atom. The Balaban J connectivity index is 1.55. The fourth-order valence-electron chi connectivity index (χ4n) is 6.36. The molecular formula is C24H20ClN3O5. The van der Waals surface area contributed by atoms with Crippen LogP contribution in [0, 0.1) is 11.8 Å². The molecule has 0 saturated carbocycles. The second-order valence-electron chi connectivity index (χ2n) is 8.84. The molecule has 1 N–H and O–H groups in total. The summed E-state index contributed by atoms with van der Waals surface area (Å²) in [5.74, 6) is -3.45. The summed E-state index contributed by atoms with van der Waals surface area (Å²) in [6, 6.07) is 11.3. The zero-order valence-corrected chi connectivity index (χ0v) is 18.5. The lowest BCUT2D eigenvalue weighted by molar-refractivity contribution is -0.135. The molecule has 3 amide bonds. The summed E-state index contributed by atoms with van der Waals surface area (Å²) in [7, 11) is 1.25. The molecule has 4 unspecified atom stereocenters. The van der Waals surface area contributed by atoms with Crippen LogP contribution in [-0.2, 0) is 24.7 Å². The number of fused-ring (bicyclic) bond motifs is 7. The van der Waals surface area contributed by atoms with E-state index in [0.717, 1.165) is 11.3 Å². The molecule has 2 aromatic carbocycles. The normalized spacial score (nSPS) is 29.9. The van der Waals surface area contributed by atoms with Crippen LogP contribution in [-0.4, -0.2) is 48.3 Å².